The van der Waals surface area contributed by atoms with Gasteiger partial charge >= 0.3 is 11.9 Å². The standard InChI is InChI=1S/C14H19NO5.Na/c1-4-20-8-15(13(17)14(18)19)12-9(2)6-5-7-11(12)10(3)16;/h5-7,10,16H,4,8H2,1-3H3,(H,18,19);. The van der Waals surface area contributed by atoms with Crippen LogP contribution in [0.1, 0.15) is 31.1 Å². The molecule has 1 aromatic carbocycles. The predicted molar refractivity (Wildman–Crippen MR) is 79.2 cm³/mol. The van der Waals surface area contributed by atoms with E-state index in [1.54, 1.807) is 39.0 Å². The molecule has 1 rings (SSSR count). The maximum Gasteiger partial charge on any atom is 0.395 e. The molecule has 0 aliphatic carbocycles. The van der Waals surface area contributed by atoms with Crippen LogP contribution < -0.4 is 4.90 Å². The first kappa shape index (κ1) is 20.1. The number of aliphatic carboxylic acids is 1. The van der Waals surface area contributed by atoms with Crippen LogP contribution >= 0.6 is 0 Å². The van der Waals surface area contributed by atoms with E-state index in [0.717, 1.165) is 4.90 Å². The topological polar surface area (TPSA) is 87.1 Å². The Morgan fingerprint density at radius 3 is 2.48 bits per heavy atom. The van der Waals surface area contributed by atoms with Gasteiger partial charge in [0, 0.05) is 41.7 Å². The van der Waals surface area contributed by atoms with Gasteiger partial charge in [-0.25, -0.2) is 4.79 Å². The average molecular weight is 304 g/mol. The fraction of sp³-hybridized carbons (Fsp3) is 0.429. The molecule has 0 fully saturated rings. The summed E-state index contributed by atoms with van der Waals surface area (Å²) in [4.78, 5) is 23.8. The molecule has 0 aliphatic rings. The Labute approximate surface area is 146 Å². The van der Waals surface area contributed by atoms with Crippen molar-refractivity contribution in [2.45, 2.75) is 26.9 Å². The predicted octanol–water partition coefficient (Wildman–Crippen LogP) is 1.08. The molecule has 0 saturated carbocycles. The number of benzene rings is 1. The average Bonchev–Trinajstić information content (AvgIpc) is 2.39. The van der Waals surface area contributed by atoms with E-state index < -0.39 is 18.0 Å². The minimum absolute atomic E-state index is 0. The second-order valence-electron chi connectivity index (χ2n) is 4.35. The van der Waals surface area contributed by atoms with Crippen molar-refractivity contribution in [3.05, 3.63) is 29.3 Å². The van der Waals surface area contributed by atoms with Crippen LogP contribution in [0.5, 0.6) is 0 Å². The molecule has 1 unspecified atom stereocenters. The van der Waals surface area contributed by atoms with Gasteiger partial charge in [-0.3, -0.25) is 9.69 Å². The molecular weight excluding hydrogens is 285 g/mol. The third-order valence-electron chi connectivity index (χ3n) is 2.84. The molecule has 2 N–H and O–H groups in total. The Balaban J connectivity index is 0.00000400. The van der Waals surface area contributed by atoms with E-state index in [0.29, 0.717) is 23.4 Å². The molecule has 0 saturated heterocycles. The number of carboxylic acid groups (broad SMARTS) is 1. The second kappa shape index (κ2) is 9.17. The number of carbonyl (C=O) groups excluding carboxylic acids is 1. The van der Waals surface area contributed by atoms with Gasteiger partial charge in [-0.15, -0.1) is 0 Å². The summed E-state index contributed by atoms with van der Waals surface area (Å²) in [6.07, 6.45) is -0.823. The molecular formula is C14H19NNaO5. The zero-order valence-corrected chi connectivity index (χ0v) is 14.8. The number of para-hydroxylation sites is 1. The Bertz CT molecular complexity index is 504. The normalized spacial score (nSPS) is 11.4. The molecule has 6 nitrogen and oxygen atoms in total. The Morgan fingerprint density at radius 2 is 2.00 bits per heavy atom. The third-order valence-corrected chi connectivity index (χ3v) is 2.84. The van der Waals surface area contributed by atoms with Crippen molar-refractivity contribution >= 4 is 47.1 Å². The van der Waals surface area contributed by atoms with Crippen molar-refractivity contribution in [2.75, 3.05) is 18.2 Å². The molecule has 0 heterocycles. The Morgan fingerprint density at radius 1 is 1.38 bits per heavy atom. The van der Waals surface area contributed by atoms with E-state index in [1.807, 2.05) is 0 Å². The fourth-order valence-electron chi connectivity index (χ4n) is 1.91. The molecule has 21 heavy (non-hydrogen) atoms. The monoisotopic (exact) mass is 304 g/mol. The zero-order valence-electron chi connectivity index (χ0n) is 12.8. The van der Waals surface area contributed by atoms with Crippen LogP contribution in [-0.2, 0) is 14.3 Å². The van der Waals surface area contributed by atoms with Crippen LogP contribution in [0.4, 0.5) is 5.69 Å². The van der Waals surface area contributed by atoms with E-state index in [9.17, 15) is 14.7 Å². The van der Waals surface area contributed by atoms with Crippen LogP contribution in [0.2, 0.25) is 0 Å². The van der Waals surface area contributed by atoms with Crippen molar-refractivity contribution < 1.29 is 24.5 Å². The number of hydrogen-bond donors (Lipinski definition) is 2. The molecule has 7 heteroatoms. The van der Waals surface area contributed by atoms with Crippen molar-refractivity contribution in [1.82, 2.24) is 0 Å². The van der Waals surface area contributed by atoms with Crippen molar-refractivity contribution in [3.8, 4) is 0 Å². The SMILES string of the molecule is CCOCN(C(=O)C(=O)O)c1c(C)cccc1C(C)O.[Na]. The van der Waals surface area contributed by atoms with Crippen LogP contribution in [0.25, 0.3) is 0 Å². The maximum absolute atomic E-state index is 11.8. The van der Waals surface area contributed by atoms with Crippen molar-refractivity contribution in [3.63, 3.8) is 0 Å². The Hall–Kier alpha value is -0.920. The summed E-state index contributed by atoms with van der Waals surface area (Å²) in [5.41, 5.74) is 1.56. The summed E-state index contributed by atoms with van der Waals surface area (Å²) in [5, 5.41) is 18.7. The van der Waals surface area contributed by atoms with Crippen molar-refractivity contribution in [2.24, 2.45) is 0 Å². The summed E-state index contributed by atoms with van der Waals surface area (Å²) in [6, 6.07) is 5.14. The van der Waals surface area contributed by atoms with Gasteiger partial charge in [-0.05, 0) is 26.3 Å². The number of ether oxygens (including phenoxy) is 1. The Kier molecular flexibility index (Phi) is 8.77. The maximum atomic E-state index is 11.8. The molecule has 0 aromatic heterocycles. The van der Waals surface area contributed by atoms with Crippen LogP contribution in [0.15, 0.2) is 18.2 Å². The van der Waals surface area contributed by atoms with Gasteiger partial charge in [0.1, 0.15) is 6.73 Å². The van der Waals surface area contributed by atoms with Crippen molar-refractivity contribution in [1.29, 1.82) is 0 Å². The number of anilines is 1. The van der Waals surface area contributed by atoms with Gasteiger partial charge < -0.3 is 14.9 Å². The zero-order chi connectivity index (χ0) is 15.3. The number of aliphatic hydroxyl groups is 1. The van der Waals surface area contributed by atoms with Gasteiger partial charge in [-0.1, -0.05) is 18.2 Å². The second-order valence-corrected chi connectivity index (χ2v) is 4.35. The van der Waals surface area contributed by atoms with Gasteiger partial charge in [0.15, 0.2) is 0 Å². The van der Waals surface area contributed by atoms with Gasteiger partial charge in [0.2, 0.25) is 0 Å². The van der Waals surface area contributed by atoms with E-state index in [2.05, 4.69) is 0 Å². The molecule has 111 valence electrons. The first-order valence-electron chi connectivity index (χ1n) is 6.30. The summed E-state index contributed by atoms with van der Waals surface area (Å²) in [7, 11) is 0. The summed E-state index contributed by atoms with van der Waals surface area (Å²) in [5.74, 6) is -2.65. The number of aryl methyl sites for hydroxylation is 1. The molecule has 1 atom stereocenters. The number of hydrogen-bond acceptors (Lipinski definition) is 4. The van der Waals surface area contributed by atoms with Gasteiger partial charge in [0.25, 0.3) is 0 Å². The number of amides is 1. The minimum atomic E-state index is -1.57. The smallest absolute Gasteiger partial charge is 0.395 e. The van der Waals surface area contributed by atoms with Gasteiger partial charge in [-0.2, -0.15) is 0 Å². The van der Waals surface area contributed by atoms with Crippen LogP contribution in [-0.4, -0.2) is 65.0 Å². The number of carboxylic acids is 1. The van der Waals surface area contributed by atoms with Crippen LogP contribution in [0.3, 0.4) is 0 Å². The molecule has 0 spiro atoms. The molecule has 1 aromatic rings. The fourth-order valence-corrected chi connectivity index (χ4v) is 1.91. The number of rotatable bonds is 5. The van der Waals surface area contributed by atoms with E-state index in [-0.39, 0.29) is 36.3 Å². The third kappa shape index (κ3) is 5.09. The minimum Gasteiger partial charge on any atom is -0.474 e. The molecule has 1 radical (unpaired) electrons. The first-order chi connectivity index (χ1) is 9.40. The van der Waals surface area contributed by atoms with Gasteiger partial charge in [0.05, 0.1) is 11.8 Å². The quantitative estimate of drug-likeness (QED) is 0.483. The number of aliphatic hydroxyl groups excluding tert-OH is 1. The van der Waals surface area contributed by atoms with Crippen LogP contribution in [0, 0.1) is 6.92 Å². The number of nitrogens with zero attached hydrogens (tertiary/aromatic N) is 1. The summed E-state index contributed by atoms with van der Waals surface area (Å²) >= 11 is 0. The largest absolute Gasteiger partial charge is 0.474 e. The molecule has 1 amide bonds. The molecule has 0 bridgehead atoms. The van der Waals surface area contributed by atoms with E-state index >= 15 is 0 Å². The summed E-state index contributed by atoms with van der Waals surface area (Å²) in [6.45, 7) is 5.22. The van der Waals surface area contributed by atoms with E-state index in [4.69, 9.17) is 9.84 Å². The number of carbonyl (C=O) groups is 2. The first-order valence-corrected chi connectivity index (χ1v) is 6.30. The van der Waals surface area contributed by atoms with E-state index in [1.165, 1.54) is 0 Å². The summed E-state index contributed by atoms with van der Waals surface area (Å²) < 4.78 is 5.17. The molecule has 0 aliphatic heterocycles.